The second-order valence-corrected chi connectivity index (χ2v) is 20.2. The van der Waals surface area contributed by atoms with Crippen molar-refractivity contribution in [2.75, 3.05) is 0 Å². The molecule has 2 aliphatic carbocycles. The first kappa shape index (κ1) is 39.3. The highest BCUT2D eigenvalue weighted by Gasteiger charge is 2.35. The van der Waals surface area contributed by atoms with Gasteiger partial charge in [-0.15, -0.1) is 0 Å². The molecule has 1 heteroatoms. The van der Waals surface area contributed by atoms with Crippen LogP contribution in [0.2, 0.25) is 12.1 Å². The zero-order valence-corrected chi connectivity index (χ0v) is 36.6. The lowest BCUT2D eigenvalue weighted by molar-refractivity contribution is 0.591. The SMILES string of the molecule is CCC(C)C1=Cc2c(ccc(C(C)(C)C)c2-c2cc(C)cc(C)c2)C1C[Si]CC1C(C(C)CC)=Cc2c1ccc(C(C)(C)C)c2-c1cc(C)cc(C)c1. The highest BCUT2D eigenvalue weighted by molar-refractivity contribution is 6.36. The summed E-state index contributed by atoms with van der Waals surface area (Å²) < 4.78 is 0. The van der Waals surface area contributed by atoms with Crippen LogP contribution in [0.25, 0.3) is 34.4 Å². The monoisotopic (exact) mass is 718 g/mol. The van der Waals surface area contributed by atoms with Crippen molar-refractivity contribution in [1.29, 1.82) is 0 Å². The van der Waals surface area contributed by atoms with E-state index in [0.29, 0.717) is 23.7 Å². The molecule has 0 fully saturated rings. The van der Waals surface area contributed by atoms with Crippen LogP contribution in [0.5, 0.6) is 0 Å². The normalized spacial score (nSPS) is 18.1. The molecule has 0 heterocycles. The van der Waals surface area contributed by atoms with Crippen molar-refractivity contribution in [1.82, 2.24) is 0 Å². The van der Waals surface area contributed by atoms with Crippen molar-refractivity contribution in [3.63, 3.8) is 0 Å². The lowest BCUT2D eigenvalue weighted by atomic mass is 9.78. The Morgan fingerprint density at radius 1 is 0.528 bits per heavy atom. The van der Waals surface area contributed by atoms with E-state index in [1.807, 2.05) is 0 Å². The highest BCUT2D eigenvalue weighted by Crippen LogP contribution is 2.52. The lowest BCUT2D eigenvalue weighted by Crippen LogP contribution is -2.15. The second-order valence-electron chi connectivity index (χ2n) is 18.9. The third kappa shape index (κ3) is 7.75. The number of aryl methyl sites for hydroxylation is 4. The maximum atomic E-state index is 2.64. The van der Waals surface area contributed by atoms with Gasteiger partial charge in [-0.1, -0.05) is 188 Å². The van der Waals surface area contributed by atoms with E-state index >= 15 is 0 Å². The summed E-state index contributed by atoms with van der Waals surface area (Å²) in [6.07, 6.45) is 7.64. The molecule has 4 aromatic rings. The van der Waals surface area contributed by atoms with Crippen molar-refractivity contribution in [3.05, 3.63) is 127 Å². The quantitative estimate of drug-likeness (QED) is 0.143. The molecular weight excluding hydrogens is 653 g/mol. The van der Waals surface area contributed by atoms with Crippen molar-refractivity contribution < 1.29 is 0 Å². The Hall–Kier alpha value is -3.42. The van der Waals surface area contributed by atoms with Gasteiger partial charge in [-0.05, 0) is 119 Å². The van der Waals surface area contributed by atoms with Crippen LogP contribution in [0.3, 0.4) is 0 Å². The molecule has 4 unspecified atom stereocenters. The molecule has 0 N–H and O–H groups in total. The Morgan fingerprint density at radius 2 is 0.868 bits per heavy atom. The van der Waals surface area contributed by atoms with Gasteiger partial charge >= 0.3 is 0 Å². The first-order valence-electron chi connectivity index (χ1n) is 20.6. The topological polar surface area (TPSA) is 0 Å². The zero-order chi connectivity index (χ0) is 38.6. The summed E-state index contributed by atoms with van der Waals surface area (Å²) >= 11 is 0. The van der Waals surface area contributed by atoms with Crippen molar-refractivity contribution in [2.45, 2.75) is 145 Å². The molecule has 2 aliphatic rings. The predicted molar refractivity (Wildman–Crippen MR) is 236 cm³/mol. The minimum Gasteiger partial charge on any atom is -0.0648 e. The average Bonchev–Trinajstić information content (AvgIpc) is 3.63. The molecule has 0 saturated heterocycles. The first-order valence-corrected chi connectivity index (χ1v) is 22.0. The maximum Gasteiger partial charge on any atom is 0.0397 e. The summed E-state index contributed by atoms with van der Waals surface area (Å²) in [5, 5.41) is 0. The van der Waals surface area contributed by atoms with Crippen LogP contribution in [0, 0.1) is 39.5 Å². The number of fused-ring (bicyclic) bond motifs is 2. The molecule has 53 heavy (non-hydrogen) atoms. The van der Waals surface area contributed by atoms with Gasteiger partial charge in [-0.3, -0.25) is 0 Å². The van der Waals surface area contributed by atoms with E-state index in [0.717, 1.165) is 9.52 Å². The third-order valence-electron chi connectivity index (χ3n) is 12.4. The molecule has 0 aromatic heterocycles. The molecular formula is C52H66Si. The van der Waals surface area contributed by atoms with Crippen molar-refractivity contribution in [3.8, 4) is 22.3 Å². The molecule has 0 spiro atoms. The molecule has 0 saturated carbocycles. The Balaban J connectivity index is 1.40. The average molecular weight is 719 g/mol. The largest absolute Gasteiger partial charge is 0.0648 e. The molecule has 6 rings (SSSR count). The molecule has 278 valence electrons. The number of rotatable bonds is 10. The molecule has 4 aromatic carbocycles. The Morgan fingerprint density at radius 3 is 1.17 bits per heavy atom. The molecule has 4 atom stereocenters. The summed E-state index contributed by atoms with van der Waals surface area (Å²) in [6.45, 7) is 33.0. The van der Waals surface area contributed by atoms with Gasteiger partial charge in [0.1, 0.15) is 0 Å². The van der Waals surface area contributed by atoms with Gasteiger partial charge in [0.05, 0.1) is 0 Å². The predicted octanol–water partition coefficient (Wildman–Crippen LogP) is 15.1. The van der Waals surface area contributed by atoms with E-state index in [-0.39, 0.29) is 10.8 Å². The molecule has 0 aliphatic heterocycles. The summed E-state index contributed by atoms with van der Waals surface area (Å²) in [5.41, 5.74) is 23.5. The van der Waals surface area contributed by atoms with Crippen LogP contribution >= 0.6 is 0 Å². The number of hydrogen-bond acceptors (Lipinski definition) is 0. The van der Waals surface area contributed by atoms with E-state index in [1.165, 1.54) is 91.7 Å². The Bertz CT molecular complexity index is 1880. The van der Waals surface area contributed by atoms with E-state index in [1.54, 1.807) is 22.3 Å². The summed E-state index contributed by atoms with van der Waals surface area (Å²) in [4.78, 5) is 0. The molecule has 0 nitrogen and oxygen atoms in total. The molecule has 0 amide bonds. The summed E-state index contributed by atoms with van der Waals surface area (Å²) in [5.74, 6) is 2.12. The molecule has 0 bridgehead atoms. The third-order valence-corrected chi connectivity index (χ3v) is 13.8. The van der Waals surface area contributed by atoms with Gasteiger partial charge in [-0.2, -0.15) is 0 Å². The van der Waals surface area contributed by atoms with Gasteiger partial charge < -0.3 is 0 Å². The van der Waals surface area contributed by atoms with E-state index in [4.69, 9.17) is 0 Å². The summed E-state index contributed by atoms with van der Waals surface area (Å²) in [6, 6.07) is 26.7. The Labute approximate surface area is 326 Å². The molecule has 2 radical (unpaired) electrons. The lowest BCUT2D eigenvalue weighted by Gasteiger charge is -2.28. The van der Waals surface area contributed by atoms with E-state index in [2.05, 4.69) is 170 Å². The Kier molecular flexibility index (Phi) is 11.1. The number of hydrogen-bond donors (Lipinski definition) is 0. The fraction of sp³-hybridized carbons (Fsp3) is 0.462. The fourth-order valence-electron chi connectivity index (χ4n) is 9.46. The smallest absolute Gasteiger partial charge is 0.0397 e. The first-order chi connectivity index (χ1) is 24.9. The minimum absolute atomic E-state index is 0.0592. The van der Waals surface area contributed by atoms with Crippen LogP contribution in [-0.2, 0) is 10.8 Å². The fourth-order valence-corrected chi connectivity index (χ4v) is 11.1. The van der Waals surface area contributed by atoms with Gasteiger partial charge in [0.15, 0.2) is 0 Å². The van der Waals surface area contributed by atoms with Gasteiger partial charge in [0, 0.05) is 21.4 Å². The standard InChI is InChI=1S/C52H66Si/c1-15-35(7)41-27-43-39(17-19-47(51(9,10)11)49(43)37-23-31(3)21-32(4)24-37)45(41)29-53-30-46-40-18-20-48(52(12,13)14)50(38-25-33(5)22-34(6)26-38)44(40)28-42(46)36(8)16-2/h17-28,35-36,45-46H,15-16,29-30H2,1-14H3. The highest BCUT2D eigenvalue weighted by atomic mass is 28.2. The zero-order valence-electron chi connectivity index (χ0n) is 35.6. The summed E-state index contributed by atoms with van der Waals surface area (Å²) in [7, 11) is 0.894. The second kappa shape index (κ2) is 15.0. The van der Waals surface area contributed by atoms with E-state index in [9.17, 15) is 0 Å². The van der Waals surface area contributed by atoms with Crippen molar-refractivity contribution >= 4 is 21.7 Å². The van der Waals surface area contributed by atoms with Crippen LogP contribution < -0.4 is 0 Å². The van der Waals surface area contributed by atoms with Gasteiger partial charge in [0.2, 0.25) is 0 Å². The minimum atomic E-state index is 0.0592. The van der Waals surface area contributed by atoms with Crippen molar-refractivity contribution in [2.24, 2.45) is 11.8 Å². The van der Waals surface area contributed by atoms with Crippen LogP contribution in [0.1, 0.15) is 150 Å². The number of benzene rings is 4. The number of allylic oxidation sites excluding steroid dienone is 2. The van der Waals surface area contributed by atoms with Crippen LogP contribution in [0.15, 0.2) is 71.8 Å². The van der Waals surface area contributed by atoms with Gasteiger partial charge in [0.25, 0.3) is 0 Å². The van der Waals surface area contributed by atoms with Gasteiger partial charge in [-0.25, -0.2) is 0 Å². The van der Waals surface area contributed by atoms with E-state index < -0.39 is 0 Å². The van der Waals surface area contributed by atoms with Crippen LogP contribution in [0.4, 0.5) is 0 Å². The van der Waals surface area contributed by atoms with Crippen LogP contribution in [-0.4, -0.2) is 9.52 Å². The maximum absolute atomic E-state index is 2.64.